The Bertz CT molecular complexity index is 1580. The first-order valence-electron chi connectivity index (χ1n) is 13.5. The number of nitrogens with zero attached hydrogens (tertiary/aromatic N) is 3. The zero-order valence-corrected chi connectivity index (χ0v) is 23.5. The molecule has 0 unspecified atom stereocenters. The predicted octanol–water partition coefficient (Wildman–Crippen LogP) is 3.23. The molecule has 2 aromatic heterocycles. The molecule has 1 amide bonds. The molecule has 0 aliphatic carbocycles. The van der Waals surface area contributed by atoms with Crippen molar-refractivity contribution in [2.24, 2.45) is 0 Å². The van der Waals surface area contributed by atoms with Crippen molar-refractivity contribution in [1.82, 2.24) is 25.2 Å². The van der Waals surface area contributed by atoms with Gasteiger partial charge < -0.3 is 30.6 Å². The third-order valence-corrected chi connectivity index (χ3v) is 7.44. The van der Waals surface area contributed by atoms with Crippen molar-refractivity contribution in [2.75, 3.05) is 62.7 Å². The number of imidazole rings is 1. The zero-order chi connectivity index (χ0) is 28.9. The molecule has 1 saturated heterocycles. The molecule has 1 aliphatic rings. The number of hydrogen-bond donors (Lipinski definition) is 5. The van der Waals surface area contributed by atoms with Gasteiger partial charge in [0.25, 0.3) is 5.56 Å². The molecule has 5 N–H and O–H groups in total. The summed E-state index contributed by atoms with van der Waals surface area (Å²) in [6.07, 6.45) is 0.724. The number of benzene rings is 2. The van der Waals surface area contributed by atoms with Crippen LogP contribution >= 0.6 is 11.6 Å². The summed E-state index contributed by atoms with van der Waals surface area (Å²) in [5, 5.41) is 17.0. The van der Waals surface area contributed by atoms with Gasteiger partial charge in [-0.1, -0.05) is 23.7 Å². The van der Waals surface area contributed by atoms with Crippen molar-refractivity contribution in [1.29, 1.82) is 0 Å². The van der Waals surface area contributed by atoms with E-state index in [9.17, 15) is 19.1 Å². The Morgan fingerprint density at radius 2 is 2.00 bits per heavy atom. The molecule has 0 radical (unpaired) electrons. The summed E-state index contributed by atoms with van der Waals surface area (Å²) in [5.41, 5.74) is 4.81. The topological polar surface area (TPSA) is 129 Å². The van der Waals surface area contributed by atoms with Crippen LogP contribution in [0.2, 0.25) is 5.02 Å². The standard InChI is InChI=1S/C29H33ClFN7O3/c1-18-13-21(38-11-9-37(10-12-38)17-25(40)32-8-6-31)15-23-27(18)36-28(35-23)26-22(5-7-33-29(26)41)34-16-24(39)19-3-2-4-20(30)14-19/h2-5,7,13-15,24,39H,6,8-12,16-17H2,1H3,(H,32,40)(H,35,36)(H2,33,34,41)/t24-/m1/s1. The van der Waals surface area contributed by atoms with Gasteiger partial charge in [-0.25, -0.2) is 9.37 Å². The highest BCUT2D eigenvalue weighted by Crippen LogP contribution is 2.30. The Balaban J connectivity index is 1.32. The number of piperazine rings is 1. The van der Waals surface area contributed by atoms with Crippen LogP contribution in [-0.2, 0) is 4.79 Å². The molecular formula is C29H33ClFN7O3. The average molecular weight is 582 g/mol. The van der Waals surface area contributed by atoms with E-state index in [1.54, 1.807) is 36.5 Å². The number of aromatic nitrogens is 3. The highest BCUT2D eigenvalue weighted by molar-refractivity contribution is 6.30. The first-order chi connectivity index (χ1) is 19.8. The summed E-state index contributed by atoms with van der Waals surface area (Å²) in [5.74, 6) is 0.257. The van der Waals surface area contributed by atoms with Gasteiger partial charge in [0.15, 0.2) is 0 Å². The number of carbonyl (C=O) groups excluding carboxylic acids is 1. The van der Waals surface area contributed by atoms with Crippen molar-refractivity contribution in [3.63, 3.8) is 0 Å². The lowest BCUT2D eigenvalue weighted by atomic mass is 10.1. The second kappa shape index (κ2) is 12.7. The van der Waals surface area contributed by atoms with Crippen molar-refractivity contribution in [3.8, 4) is 11.4 Å². The van der Waals surface area contributed by atoms with Gasteiger partial charge in [0, 0.05) is 56.2 Å². The molecule has 1 aliphatic heterocycles. The maximum Gasteiger partial charge on any atom is 0.261 e. The summed E-state index contributed by atoms with van der Waals surface area (Å²) in [6, 6.07) is 12.9. The lowest BCUT2D eigenvalue weighted by Gasteiger charge is -2.35. The lowest BCUT2D eigenvalue weighted by Crippen LogP contribution is -2.49. The van der Waals surface area contributed by atoms with E-state index in [1.165, 1.54) is 0 Å². The van der Waals surface area contributed by atoms with E-state index < -0.39 is 12.8 Å². The molecule has 2 aromatic carbocycles. The van der Waals surface area contributed by atoms with E-state index in [0.717, 1.165) is 35.4 Å². The number of rotatable bonds is 10. The minimum atomic E-state index is -0.827. The number of fused-ring (bicyclic) bond motifs is 1. The first kappa shape index (κ1) is 28.6. The molecule has 216 valence electrons. The molecule has 10 nitrogen and oxygen atoms in total. The fourth-order valence-corrected chi connectivity index (χ4v) is 5.28. The first-order valence-corrected chi connectivity index (χ1v) is 13.9. The van der Waals surface area contributed by atoms with Gasteiger partial charge in [-0.15, -0.1) is 0 Å². The average Bonchev–Trinajstić information content (AvgIpc) is 3.39. The van der Waals surface area contributed by atoms with Gasteiger partial charge in [0.2, 0.25) is 5.91 Å². The smallest absolute Gasteiger partial charge is 0.261 e. The molecule has 41 heavy (non-hydrogen) atoms. The van der Waals surface area contributed by atoms with Gasteiger partial charge in [-0.05, 0) is 48.4 Å². The number of nitrogens with one attached hydrogen (secondary N) is 4. The number of aliphatic hydroxyl groups is 1. The Kier molecular flexibility index (Phi) is 8.87. The third-order valence-electron chi connectivity index (χ3n) is 7.20. The number of H-pyrrole nitrogens is 2. The highest BCUT2D eigenvalue weighted by Gasteiger charge is 2.21. The lowest BCUT2D eigenvalue weighted by molar-refractivity contribution is -0.122. The number of aromatic amines is 2. The number of hydrogen-bond acceptors (Lipinski definition) is 7. The van der Waals surface area contributed by atoms with Crippen LogP contribution in [0.4, 0.5) is 15.8 Å². The molecule has 0 spiro atoms. The summed E-state index contributed by atoms with van der Waals surface area (Å²) in [6.45, 7) is 4.79. The number of pyridine rings is 1. The van der Waals surface area contributed by atoms with Crippen molar-refractivity contribution >= 4 is 39.9 Å². The van der Waals surface area contributed by atoms with E-state index in [1.807, 2.05) is 13.0 Å². The largest absolute Gasteiger partial charge is 0.387 e. The Labute approximate surface area is 241 Å². The van der Waals surface area contributed by atoms with Crippen molar-refractivity contribution in [3.05, 3.63) is 75.2 Å². The normalized spacial score (nSPS) is 14.8. The minimum absolute atomic E-state index is 0.0433. The van der Waals surface area contributed by atoms with E-state index >= 15 is 0 Å². The number of carbonyl (C=O) groups is 1. The fourth-order valence-electron chi connectivity index (χ4n) is 5.08. The molecule has 0 saturated carbocycles. The van der Waals surface area contributed by atoms with Crippen LogP contribution in [-0.4, -0.2) is 83.4 Å². The molecule has 12 heteroatoms. The van der Waals surface area contributed by atoms with E-state index in [4.69, 9.17) is 16.6 Å². The van der Waals surface area contributed by atoms with Crippen LogP contribution in [0.1, 0.15) is 17.2 Å². The maximum atomic E-state index is 12.9. The Hall–Kier alpha value is -3.93. The van der Waals surface area contributed by atoms with Crippen LogP contribution in [0.25, 0.3) is 22.4 Å². The van der Waals surface area contributed by atoms with Crippen LogP contribution in [0.5, 0.6) is 0 Å². The van der Waals surface area contributed by atoms with Gasteiger partial charge in [-0.3, -0.25) is 14.5 Å². The summed E-state index contributed by atoms with van der Waals surface area (Å²) < 4.78 is 12.3. The number of aliphatic hydroxyl groups excluding tert-OH is 1. The summed E-state index contributed by atoms with van der Waals surface area (Å²) in [7, 11) is 0. The number of amides is 1. The van der Waals surface area contributed by atoms with E-state index in [0.29, 0.717) is 40.8 Å². The Morgan fingerprint density at radius 1 is 1.20 bits per heavy atom. The van der Waals surface area contributed by atoms with Gasteiger partial charge >= 0.3 is 0 Å². The number of anilines is 2. The molecule has 4 aromatic rings. The van der Waals surface area contributed by atoms with Crippen LogP contribution < -0.4 is 21.1 Å². The molecule has 0 bridgehead atoms. The quantitative estimate of drug-likeness (QED) is 0.194. The van der Waals surface area contributed by atoms with Crippen molar-refractivity contribution < 1.29 is 14.3 Å². The van der Waals surface area contributed by atoms with E-state index in [-0.39, 0.29) is 31.1 Å². The molecule has 1 atom stereocenters. The van der Waals surface area contributed by atoms with Crippen LogP contribution in [0.15, 0.2) is 53.5 Å². The molecule has 3 heterocycles. The predicted molar refractivity (Wildman–Crippen MR) is 159 cm³/mol. The van der Waals surface area contributed by atoms with Crippen LogP contribution in [0.3, 0.4) is 0 Å². The zero-order valence-electron chi connectivity index (χ0n) is 22.7. The molecule has 5 rings (SSSR count). The monoisotopic (exact) mass is 581 g/mol. The summed E-state index contributed by atoms with van der Waals surface area (Å²) >= 11 is 6.06. The number of halogens is 2. The number of aryl methyl sites for hydroxylation is 1. The molecule has 1 fully saturated rings. The SMILES string of the molecule is Cc1cc(N2CCN(CC(=O)NCCF)CC2)cc2[nH]c(-c3c(NC[C@@H](O)c4cccc(Cl)c4)cc[nH]c3=O)nc12. The minimum Gasteiger partial charge on any atom is -0.387 e. The highest BCUT2D eigenvalue weighted by atomic mass is 35.5. The fraction of sp³-hybridized carbons (Fsp3) is 0.345. The maximum absolute atomic E-state index is 12.9. The Morgan fingerprint density at radius 3 is 2.76 bits per heavy atom. The van der Waals surface area contributed by atoms with Crippen LogP contribution in [0, 0.1) is 6.92 Å². The third kappa shape index (κ3) is 6.70. The molecular weight excluding hydrogens is 549 g/mol. The number of alkyl halides is 1. The van der Waals surface area contributed by atoms with Gasteiger partial charge in [-0.2, -0.15) is 0 Å². The second-order valence-corrected chi connectivity index (χ2v) is 10.5. The van der Waals surface area contributed by atoms with E-state index in [2.05, 4.69) is 36.5 Å². The second-order valence-electron chi connectivity index (χ2n) is 10.1. The summed E-state index contributed by atoms with van der Waals surface area (Å²) in [4.78, 5) is 40.0. The van der Waals surface area contributed by atoms with Crippen molar-refractivity contribution in [2.45, 2.75) is 13.0 Å². The van der Waals surface area contributed by atoms with Gasteiger partial charge in [0.05, 0.1) is 29.4 Å². The van der Waals surface area contributed by atoms with Gasteiger partial charge in [0.1, 0.15) is 18.1 Å².